The first-order valence-electron chi connectivity index (χ1n) is 6.85. The quantitative estimate of drug-likeness (QED) is 0.392. The van der Waals surface area contributed by atoms with Gasteiger partial charge in [0.1, 0.15) is 0 Å². The highest BCUT2D eigenvalue weighted by atomic mass is 79.9. The topological polar surface area (TPSA) is 18.5 Å². The molecule has 0 aromatic heterocycles. The van der Waals surface area contributed by atoms with Crippen LogP contribution in [0.4, 0.5) is 0 Å². The molecule has 1 fully saturated rings. The molecule has 2 aliphatic heterocycles. The van der Waals surface area contributed by atoms with Crippen LogP contribution in [0.2, 0.25) is 0 Å². The van der Waals surface area contributed by atoms with Crippen molar-refractivity contribution in [2.75, 3.05) is 0 Å². The highest BCUT2D eigenvalue weighted by Crippen LogP contribution is 2.31. The number of rotatable bonds is 2. The van der Waals surface area contributed by atoms with E-state index in [1.807, 2.05) is 6.08 Å². The lowest BCUT2D eigenvalue weighted by Crippen LogP contribution is -2.32. The van der Waals surface area contributed by atoms with E-state index in [2.05, 4.69) is 56.7 Å². The van der Waals surface area contributed by atoms with Gasteiger partial charge in [-0.1, -0.05) is 50.9 Å². The molecule has 0 unspecified atom stereocenters. The average molecular weight is 392 g/mol. The maximum Gasteiger partial charge on any atom is 0.0880 e. The normalized spacial score (nSPS) is 40.3. The van der Waals surface area contributed by atoms with Gasteiger partial charge in [-0.25, -0.2) is 0 Å². The van der Waals surface area contributed by atoms with Crippen LogP contribution in [0, 0.1) is 0 Å². The lowest BCUT2D eigenvalue weighted by atomic mass is 10.1. The summed E-state index contributed by atoms with van der Waals surface area (Å²) >= 11 is 6.97. The molecule has 0 aliphatic carbocycles. The molecule has 0 saturated carbocycles. The van der Waals surface area contributed by atoms with Gasteiger partial charge >= 0.3 is 0 Å². The van der Waals surface area contributed by atoms with Crippen molar-refractivity contribution in [2.24, 2.45) is 0 Å². The Morgan fingerprint density at radius 1 is 1.26 bits per heavy atom. The molecule has 2 nitrogen and oxygen atoms in total. The molecular formula is C15H20Br2O2. The first kappa shape index (κ1) is 15.5. The lowest BCUT2D eigenvalue weighted by molar-refractivity contribution is -0.0522. The summed E-state index contributed by atoms with van der Waals surface area (Å²) in [5.74, 6) is 0. The van der Waals surface area contributed by atoms with Gasteiger partial charge in [0, 0.05) is 16.2 Å². The van der Waals surface area contributed by atoms with Gasteiger partial charge in [-0.05, 0) is 25.3 Å². The van der Waals surface area contributed by atoms with Crippen molar-refractivity contribution in [3.8, 4) is 0 Å². The Balaban J connectivity index is 2.08. The van der Waals surface area contributed by atoms with Crippen LogP contribution in [0.15, 0.2) is 28.9 Å². The first-order chi connectivity index (χ1) is 9.24. The SMILES string of the molecule is CC[C@@H]1O[C@H]2C[C@H](C=C=CBr)O[C@H]2C/C=C/C[C@@H]1Br. The van der Waals surface area contributed by atoms with Gasteiger partial charge in [-0.15, -0.1) is 5.73 Å². The molecule has 1 saturated heterocycles. The Morgan fingerprint density at radius 2 is 2.05 bits per heavy atom. The lowest BCUT2D eigenvalue weighted by Gasteiger charge is -2.26. The van der Waals surface area contributed by atoms with Gasteiger partial charge in [-0.3, -0.25) is 0 Å². The zero-order chi connectivity index (χ0) is 13.7. The second kappa shape index (κ2) is 7.80. The monoisotopic (exact) mass is 390 g/mol. The summed E-state index contributed by atoms with van der Waals surface area (Å²) in [6, 6.07) is 0. The molecule has 0 aromatic rings. The first-order valence-corrected chi connectivity index (χ1v) is 8.69. The van der Waals surface area contributed by atoms with Crippen LogP contribution in [-0.2, 0) is 9.47 Å². The van der Waals surface area contributed by atoms with E-state index in [0.717, 1.165) is 25.7 Å². The fourth-order valence-corrected chi connectivity index (χ4v) is 3.49. The van der Waals surface area contributed by atoms with E-state index in [-0.39, 0.29) is 24.4 Å². The van der Waals surface area contributed by atoms with Crippen LogP contribution in [0.25, 0.3) is 0 Å². The third-order valence-electron chi connectivity index (χ3n) is 3.63. The zero-order valence-electron chi connectivity index (χ0n) is 11.1. The van der Waals surface area contributed by atoms with E-state index in [9.17, 15) is 0 Å². The molecular weight excluding hydrogens is 372 g/mol. The van der Waals surface area contributed by atoms with E-state index in [1.165, 1.54) is 0 Å². The molecule has 19 heavy (non-hydrogen) atoms. The Bertz CT molecular complexity index is 374. The van der Waals surface area contributed by atoms with Gasteiger partial charge in [0.05, 0.1) is 24.4 Å². The molecule has 0 aromatic carbocycles. The van der Waals surface area contributed by atoms with Gasteiger partial charge < -0.3 is 9.47 Å². The van der Waals surface area contributed by atoms with Crippen LogP contribution in [0.1, 0.15) is 32.6 Å². The zero-order valence-corrected chi connectivity index (χ0v) is 14.3. The van der Waals surface area contributed by atoms with Crippen molar-refractivity contribution in [1.29, 1.82) is 0 Å². The number of allylic oxidation sites excluding steroid dienone is 1. The fraction of sp³-hybridized carbons (Fsp3) is 0.667. The summed E-state index contributed by atoms with van der Waals surface area (Å²) < 4.78 is 12.3. The van der Waals surface area contributed by atoms with E-state index in [1.54, 1.807) is 4.99 Å². The molecule has 106 valence electrons. The molecule has 5 atom stereocenters. The van der Waals surface area contributed by atoms with Crippen molar-refractivity contribution >= 4 is 31.9 Å². The molecule has 0 bridgehead atoms. The average Bonchev–Trinajstić information content (AvgIpc) is 2.81. The summed E-state index contributed by atoms with van der Waals surface area (Å²) in [6.07, 6.45) is 11.0. The number of ether oxygens (including phenoxy) is 2. The summed E-state index contributed by atoms with van der Waals surface area (Å²) in [5.41, 5.74) is 3.04. The van der Waals surface area contributed by atoms with Gasteiger partial charge in [0.15, 0.2) is 0 Å². The largest absolute Gasteiger partial charge is 0.371 e. The molecule has 0 amide bonds. The standard InChI is InChI=1S/C15H20Br2O2/c1-2-13-12(17)7-3-4-8-14-15(19-13)10-11(18-14)6-5-9-16/h3-4,6,9,11-15H,2,7-8,10H2,1H3/b4-3+/t5?,11-,12-,13-,14-,15-/m0/s1. The van der Waals surface area contributed by atoms with Crippen LogP contribution >= 0.6 is 31.9 Å². The summed E-state index contributed by atoms with van der Waals surface area (Å²) in [4.78, 5) is 2.12. The Kier molecular flexibility index (Phi) is 6.37. The highest BCUT2D eigenvalue weighted by Gasteiger charge is 2.37. The number of alkyl halides is 1. The van der Waals surface area contributed by atoms with Crippen LogP contribution in [0.5, 0.6) is 0 Å². The number of hydrogen-bond acceptors (Lipinski definition) is 2. The summed E-state index contributed by atoms with van der Waals surface area (Å²) in [7, 11) is 0. The molecule has 2 heterocycles. The van der Waals surface area contributed by atoms with E-state index in [0.29, 0.717) is 4.83 Å². The van der Waals surface area contributed by atoms with E-state index < -0.39 is 0 Å². The number of halogens is 2. The maximum atomic E-state index is 6.29. The fourth-order valence-electron chi connectivity index (χ4n) is 2.62. The molecule has 0 radical (unpaired) electrons. The minimum absolute atomic E-state index is 0.114. The number of hydrogen-bond donors (Lipinski definition) is 0. The predicted octanol–water partition coefficient (Wildman–Crippen LogP) is 4.48. The third kappa shape index (κ3) is 4.30. The van der Waals surface area contributed by atoms with Crippen molar-refractivity contribution in [3.05, 3.63) is 28.9 Å². The Labute approximate surface area is 132 Å². The highest BCUT2D eigenvalue weighted by molar-refractivity contribution is 9.11. The second-order valence-corrected chi connectivity index (χ2v) is 6.61. The minimum Gasteiger partial charge on any atom is -0.371 e. The molecule has 0 N–H and O–H groups in total. The van der Waals surface area contributed by atoms with Crippen LogP contribution < -0.4 is 0 Å². The number of fused-ring (bicyclic) bond motifs is 1. The Morgan fingerprint density at radius 3 is 2.79 bits per heavy atom. The van der Waals surface area contributed by atoms with Crippen LogP contribution in [-0.4, -0.2) is 29.2 Å². The third-order valence-corrected chi connectivity index (χ3v) is 4.85. The van der Waals surface area contributed by atoms with Gasteiger partial charge in [0.2, 0.25) is 0 Å². The molecule has 0 spiro atoms. The summed E-state index contributed by atoms with van der Waals surface area (Å²) in [5, 5.41) is 0. The van der Waals surface area contributed by atoms with Crippen molar-refractivity contribution in [2.45, 2.75) is 61.9 Å². The van der Waals surface area contributed by atoms with E-state index in [4.69, 9.17) is 9.47 Å². The van der Waals surface area contributed by atoms with Crippen molar-refractivity contribution < 1.29 is 9.47 Å². The smallest absolute Gasteiger partial charge is 0.0880 e. The van der Waals surface area contributed by atoms with Crippen molar-refractivity contribution in [3.63, 3.8) is 0 Å². The molecule has 2 rings (SSSR count). The molecule has 2 aliphatic rings. The van der Waals surface area contributed by atoms with E-state index >= 15 is 0 Å². The van der Waals surface area contributed by atoms with Gasteiger partial charge in [-0.2, -0.15) is 0 Å². The molecule has 4 heteroatoms. The predicted molar refractivity (Wildman–Crippen MR) is 84.9 cm³/mol. The second-order valence-electron chi connectivity index (χ2n) is 4.97. The maximum absolute atomic E-state index is 6.29. The minimum atomic E-state index is 0.114. The van der Waals surface area contributed by atoms with Gasteiger partial charge in [0.25, 0.3) is 0 Å². The van der Waals surface area contributed by atoms with Crippen molar-refractivity contribution in [1.82, 2.24) is 0 Å². The van der Waals surface area contributed by atoms with Crippen LogP contribution in [0.3, 0.4) is 0 Å². The Hall–Kier alpha value is 0.140. The summed E-state index contributed by atoms with van der Waals surface area (Å²) in [6.45, 7) is 2.18.